The van der Waals surface area contributed by atoms with Gasteiger partial charge in [-0.2, -0.15) is 0 Å². The van der Waals surface area contributed by atoms with E-state index in [1.54, 1.807) is 6.26 Å². The first-order valence-electron chi connectivity index (χ1n) is 6.33. The van der Waals surface area contributed by atoms with Crippen LogP contribution < -0.4 is 5.32 Å². The molecule has 1 rings (SSSR count). The summed E-state index contributed by atoms with van der Waals surface area (Å²) < 4.78 is 11.2. The molecule has 1 aliphatic rings. The smallest absolute Gasteiger partial charge is 0.0385 e. The van der Waals surface area contributed by atoms with E-state index in [9.17, 15) is 4.21 Å². The lowest BCUT2D eigenvalue weighted by molar-refractivity contribution is 0.106. The molecule has 0 bridgehead atoms. The minimum Gasteiger partial charge on any atom is -0.314 e. The highest BCUT2D eigenvalue weighted by Crippen LogP contribution is 2.20. The van der Waals surface area contributed by atoms with Crippen LogP contribution in [0.1, 0.15) is 33.6 Å². The Hall–Kier alpha value is 0.0700. The Kier molecular flexibility index (Phi) is 5.94. The molecule has 1 saturated heterocycles. The van der Waals surface area contributed by atoms with Crippen LogP contribution in [0.4, 0.5) is 0 Å². The van der Waals surface area contributed by atoms with Gasteiger partial charge in [0.25, 0.3) is 0 Å². The average molecular weight is 246 g/mol. The van der Waals surface area contributed by atoms with Gasteiger partial charge in [0.15, 0.2) is 0 Å². The summed E-state index contributed by atoms with van der Waals surface area (Å²) in [6, 6.07) is 1.73. The Morgan fingerprint density at radius 3 is 2.75 bits per heavy atom. The summed E-state index contributed by atoms with van der Waals surface area (Å²) >= 11 is 0. The molecule has 4 heteroatoms. The summed E-state index contributed by atoms with van der Waals surface area (Å²) in [5.74, 6) is 0.802. The first-order valence-corrected chi connectivity index (χ1v) is 8.06. The maximum atomic E-state index is 11.2. The number of hydrogen-bond donors (Lipinski definition) is 1. The molecule has 1 fully saturated rings. The van der Waals surface area contributed by atoms with Gasteiger partial charge in [-0.15, -0.1) is 0 Å². The van der Waals surface area contributed by atoms with Crippen molar-refractivity contribution < 1.29 is 4.21 Å². The maximum absolute atomic E-state index is 11.2. The Morgan fingerprint density at radius 2 is 2.25 bits per heavy atom. The number of rotatable bonds is 5. The molecular formula is C12H26N2OS. The van der Waals surface area contributed by atoms with Crippen LogP contribution in [0.3, 0.4) is 0 Å². The summed E-state index contributed by atoms with van der Waals surface area (Å²) in [6.07, 6.45) is 4.24. The van der Waals surface area contributed by atoms with Gasteiger partial charge in [-0.05, 0) is 33.2 Å². The molecule has 1 aliphatic heterocycles. The molecule has 0 aromatic rings. The molecule has 1 N–H and O–H groups in total. The molecule has 0 radical (unpaired) electrons. The standard InChI is InChI=1S/C12H26N2OS/c1-5-13-12-6-7-14(10(2)8-12)11(3)9-16(4)15/h10-13H,5-9H2,1-4H3. The lowest BCUT2D eigenvalue weighted by atomic mass is 9.97. The van der Waals surface area contributed by atoms with E-state index < -0.39 is 10.8 Å². The molecule has 3 nitrogen and oxygen atoms in total. The zero-order valence-electron chi connectivity index (χ0n) is 11.0. The zero-order chi connectivity index (χ0) is 12.1. The average Bonchev–Trinajstić information content (AvgIpc) is 2.16. The van der Waals surface area contributed by atoms with E-state index in [-0.39, 0.29) is 0 Å². The van der Waals surface area contributed by atoms with Gasteiger partial charge in [0.05, 0.1) is 0 Å². The molecule has 0 saturated carbocycles. The van der Waals surface area contributed by atoms with Crippen LogP contribution in [0.2, 0.25) is 0 Å². The van der Waals surface area contributed by atoms with E-state index in [2.05, 4.69) is 31.0 Å². The maximum Gasteiger partial charge on any atom is 0.0385 e. The molecule has 0 aromatic heterocycles. The predicted octanol–water partition coefficient (Wildman–Crippen LogP) is 1.22. The molecule has 4 atom stereocenters. The van der Waals surface area contributed by atoms with Gasteiger partial charge in [0, 0.05) is 47.5 Å². The van der Waals surface area contributed by atoms with Crippen molar-refractivity contribution in [3.8, 4) is 0 Å². The van der Waals surface area contributed by atoms with Crippen molar-refractivity contribution >= 4 is 10.8 Å². The van der Waals surface area contributed by atoms with E-state index in [1.165, 1.54) is 12.8 Å². The van der Waals surface area contributed by atoms with Crippen molar-refractivity contribution in [1.29, 1.82) is 0 Å². The van der Waals surface area contributed by atoms with E-state index in [1.807, 2.05) is 0 Å². The predicted molar refractivity (Wildman–Crippen MR) is 71.3 cm³/mol. The van der Waals surface area contributed by atoms with Crippen LogP contribution in [-0.4, -0.2) is 52.3 Å². The highest BCUT2D eigenvalue weighted by atomic mass is 32.2. The first kappa shape index (κ1) is 14.1. The van der Waals surface area contributed by atoms with Crippen molar-refractivity contribution in [3.63, 3.8) is 0 Å². The minimum absolute atomic E-state index is 0.448. The summed E-state index contributed by atoms with van der Waals surface area (Å²) in [6.45, 7) is 8.85. The number of hydrogen-bond acceptors (Lipinski definition) is 3. The molecule has 0 spiro atoms. The Bertz CT molecular complexity index is 235. The third-order valence-electron chi connectivity index (χ3n) is 3.46. The normalized spacial score (nSPS) is 31.2. The molecule has 0 amide bonds. The van der Waals surface area contributed by atoms with Crippen LogP contribution in [0.15, 0.2) is 0 Å². The van der Waals surface area contributed by atoms with Crippen molar-refractivity contribution in [2.75, 3.05) is 25.1 Å². The van der Waals surface area contributed by atoms with E-state index in [4.69, 9.17) is 0 Å². The zero-order valence-corrected chi connectivity index (χ0v) is 11.8. The molecule has 1 heterocycles. The Morgan fingerprint density at radius 1 is 1.56 bits per heavy atom. The fraction of sp³-hybridized carbons (Fsp3) is 1.00. The first-order chi connectivity index (χ1) is 7.54. The van der Waals surface area contributed by atoms with E-state index in [0.717, 1.165) is 18.8 Å². The fourth-order valence-corrected chi connectivity index (χ4v) is 3.63. The lowest BCUT2D eigenvalue weighted by Crippen LogP contribution is -2.51. The molecule has 0 aliphatic carbocycles. The van der Waals surface area contributed by atoms with Gasteiger partial charge in [-0.1, -0.05) is 6.92 Å². The fourth-order valence-electron chi connectivity index (χ4n) is 2.75. The minimum atomic E-state index is -0.682. The number of likely N-dealkylation sites (tertiary alicyclic amines) is 1. The Labute approximate surface area is 102 Å². The quantitative estimate of drug-likeness (QED) is 0.791. The molecule has 16 heavy (non-hydrogen) atoms. The van der Waals surface area contributed by atoms with Crippen molar-refractivity contribution in [2.24, 2.45) is 0 Å². The van der Waals surface area contributed by atoms with Gasteiger partial charge >= 0.3 is 0 Å². The largest absolute Gasteiger partial charge is 0.314 e. The molecular weight excluding hydrogens is 220 g/mol. The summed E-state index contributed by atoms with van der Waals surface area (Å²) in [5.41, 5.74) is 0. The van der Waals surface area contributed by atoms with E-state index >= 15 is 0 Å². The SMILES string of the molecule is CCNC1CCN(C(C)CS(C)=O)C(C)C1. The van der Waals surface area contributed by atoms with Crippen molar-refractivity contribution in [1.82, 2.24) is 10.2 Å². The molecule has 96 valence electrons. The van der Waals surface area contributed by atoms with Crippen LogP contribution in [0.25, 0.3) is 0 Å². The van der Waals surface area contributed by atoms with Crippen molar-refractivity contribution in [3.05, 3.63) is 0 Å². The number of nitrogens with zero attached hydrogens (tertiary/aromatic N) is 1. The van der Waals surface area contributed by atoms with Gasteiger partial charge in [-0.3, -0.25) is 9.11 Å². The monoisotopic (exact) mass is 246 g/mol. The highest BCUT2D eigenvalue weighted by Gasteiger charge is 2.28. The second kappa shape index (κ2) is 6.72. The summed E-state index contributed by atoms with van der Waals surface area (Å²) in [7, 11) is -0.682. The van der Waals surface area contributed by atoms with Crippen LogP contribution in [0, 0.1) is 0 Å². The van der Waals surface area contributed by atoms with Crippen LogP contribution >= 0.6 is 0 Å². The van der Waals surface area contributed by atoms with Crippen molar-refractivity contribution in [2.45, 2.75) is 51.7 Å². The van der Waals surface area contributed by atoms with Gasteiger partial charge in [-0.25, -0.2) is 0 Å². The Balaban J connectivity index is 2.43. The van der Waals surface area contributed by atoms with Crippen LogP contribution in [0.5, 0.6) is 0 Å². The summed E-state index contributed by atoms with van der Waals surface area (Å²) in [4.78, 5) is 2.51. The number of nitrogens with one attached hydrogen (secondary N) is 1. The summed E-state index contributed by atoms with van der Waals surface area (Å²) in [5, 5.41) is 3.53. The van der Waals surface area contributed by atoms with E-state index in [0.29, 0.717) is 18.1 Å². The second-order valence-electron chi connectivity index (χ2n) is 4.95. The third-order valence-corrected chi connectivity index (χ3v) is 4.41. The van der Waals surface area contributed by atoms with Gasteiger partial charge in [0.2, 0.25) is 0 Å². The lowest BCUT2D eigenvalue weighted by Gasteiger charge is -2.41. The third kappa shape index (κ3) is 4.15. The van der Waals surface area contributed by atoms with Crippen LogP contribution in [-0.2, 0) is 10.8 Å². The molecule has 4 unspecified atom stereocenters. The number of piperidine rings is 1. The van der Waals surface area contributed by atoms with Gasteiger partial charge in [0.1, 0.15) is 0 Å². The second-order valence-corrected chi connectivity index (χ2v) is 6.43. The van der Waals surface area contributed by atoms with Gasteiger partial charge < -0.3 is 5.32 Å². The highest BCUT2D eigenvalue weighted by molar-refractivity contribution is 7.84. The topological polar surface area (TPSA) is 32.3 Å². The molecule has 0 aromatic carbocycles.